The van der Waals surface area contributed by atoms with Crippen LogP contribution in [0.2, 0.25) is 0 Å². The quantitative estimate of drug-likeness (QED) is 0.800. The van der Waals surface area contributed by atoms with Crippen molar-refractivity contribution in [3.8, 4) is 17.0 Å². The average molecular weight is 341 g/mol. The number of hydrogen-bond donors (Lipinski definition) is 2. The van der Waals surface area contributed by atoms with Crippen LogP contribution in [0.3, 0.4) is 0 Å². The van der Waals surface area contributed by atoms with Gasteiger partial charge < -0.3 is 25.4 Å². The molecule has 2 fully saturated rings. The third-order valence-electron chi connectivity index (χ3n) is 4.85. The molecule has 2 aliphatic heterocycles. The van der Waals surface area contributed by atoms with Crippen molar-refractivity contribution < 1.29 is 9.47 Å². The SMILES string of the molecule is COCOc1ccccc1-c1cc(N2CC3CCC(C2)N3)c(N)nn1. The summed E-state index contributed by atoms with van der Waals surface area (Å²) in [7, 11) is 1.60. The van der Waals surface area contributed by atoms with Gasteiger partial charge in [0.1, 0.15) is 5.75 Å². The Kier molecular flexibility index (Phi) is 4.42. The number of benzene rings is 1. The summed E-state index contributed by atoms with van der Waals surface area (Å²) in [5, 5.41) is 12.1. The first kappa shape index (κ1) is 16.1. The molecule has 25 heavy (non-hydrogen) atoms. The molecule has 2 unspecified atom stereocenters. The molecule has 132 valence electrons. The lowest BCUT2D eigenvalue weighted by Crippen LogP contribution is -2.51. The summed E-state index contributed by atoms with van der Waals surface area (Å²) in [5.41, 5.74) is 8.72. The lowest BCUT2D eigenvalue weighted by molar-refractivity contribution is 0.0515. The molecule has 1 aromatic heterocycles. The summed E-state index contributed by atoms with van der Waals surface area (Å²) >= 11 is 0. The number of methoxy groups -OCH3 is 1. The first-order valence-corrected chi connectivity index (χ1v) is 8.60. The number of rotatable bonds is 5. The molecular weight excluding hydrogens is 318 g/mol. The van der Waals surface area contributed by atoms with E-state index in [4.69, 9.17) is 15.2 Å². The Morgan fingerprint density at radius 3 is 2.72 bits per heavy atom. The van der Waals surface area contributed by atoms with Crippen molar-refractivity contribution >= 4 is 11.5 Å². The number of hydrogen-bond acceptors (Lipinski definition) is 7. The first-order valence-electron chi connectivity index (χ1n) is 8.60. The van der Waals surface area contributed by atoms with Crippen LogP contribution in [0.25, 0.3) is 11.3 Å². The minimum atomic E-state index is 0.188. The molecule has 2 atom stereocenters. The molecule has 0 saturated carbocycles. The van der Waals surface area contributed by atoms with Crippen molar-refractivity contribution in [1.29, 1.82) is 0 Å². The lowest BCUT2D eigenvalue weighted by atomic mass is 10.1. The van der Waals surface area contributed by atoms with Crippen molar-refractivity contribution in [3.63, 3.8) is 0 Å². The smallest absolute Gasteiger partial charge is 0.188 e. The van der Waals surface area contributed by atoms with Crippen LogP contribution >= 0.6 is 0 Å². The van der Waals surface area contributed by atoms with E-state index in [0.717, 1.165) is 35.8 Å². The number of piperazine rings is 1. The van der Waals surface area contributed by atoms with Gasteiger partial charge in [-0.3, -0.25) is 0 Å². The highest BCUT2D eigenvalue weighted by Crippen LogP contribution is 2.34. The van der Waals surface area contributed by atoms with Crippen LogP contribution in [-0.2, 0) is 4.74 Å². The number of para-hydroxylation sites is 1. The molecular formula is C18H23N5O2. The van der Waals surface area contributed by atoms with Crippen molar-refractivity contribution in [2.75, 3.05) is 37.6 Å². The lowest BCUT2D eigenvalue weighted by Gasteiger charge is -2.34. The summed E-state index contributed by atoms with van der Waals surface area (Å²) in [6, 6.07) is 10.8. The molecule has 7 heteroatoms. The number of nitrogens with zero attached hydrogens (tertiary/aromatic N) is 3. The highest BCUT2D eigenvalue weighted by Gasteiger charge is 2.33. The van der Waals surface area contributed by atoms with Gasteiger partial charge in [-0.2, -0.15) is 0 Å². The van der Waals surface area contributed by atoms with Gasteiger partial charge >= 0.3 is 0 Å². The standard InChI is InChI=1S/C18H23N5O2/c1-24-11-25-17-5-3-2-4-14(17)15-8-16(18(19)22-21-15)23-9-12-6-7-13(10-23)20-12/h2-5,8,12-13,20H,6-7,9-11H2,1H3,(H2,19,22). The molecule has 2 bridgehead atoms. The van der Waals surface area contributed by atoms with E-state index in [9.17, 15) is 0 Å². The molecule has 3 N–H and O–H groups in total. The summed E-state index contributed by atoms with van der Waals surface area (Å²) in [6.07, 6.45) is 2.44. The summed E-state index contributed by atoms with van der Waals surface area (Å²) in [5.74, 6) is 1.19. The number of nitrogens with one attached hydrogen (secondary N) is 1. The Morgan fingerprint density at radius 2 is 1.96 bits per heavy atom. The maximum Gasteiger partial charge on any atom is 0.188 e. The van der Waals surface area contributed by atoms with Gasteiger partial charge in [-0.05, 0) is 31.0 Å². The molecule has 1 aromatic carbocycles. The van der Waals surface area contributed by atoms with Crippen molar-refractivity contribution in [1.82, 2.24) is 15.5 Å². The van der Waals surface area contributed by atoms with Crippen LogP contribution in [0.15, 0.2) is 30.3 Å². The van der Waals surface area contributed by atoms with Crippen LogP contribution < -0.4 is 20.7 Å². The Bertz CT molecular complexity index is 742. The molecule has 4 rings (SSSR count). The predicted molar refractivity (Wildman–Crippen MR) is 96.5 cm³/mol. The normalized spacial score (nSPS) is 22.2. The Labute approximate surface area is 147 Å². The van der Waals surface area contributed by atoms with E-state index in [1.807, 2.05) is 30.3 Å². The van der Waals surface area contributed by atoms with Crippen LogP contribution in [0, 0.1) is 0 Å². The number of fused-ring (bicyclic) bond motifs is 2. The molecule has 0 amide bonds. The van der Waals surface area contributed by atoms with Gasteiger partial charge in [0.2, 0.25) is 0 Å². The Hall–Kier alpha value is -2.38. The maximum absolute atomic E-state index is 6.14. The number of nitrogens with two attached hydrogens (primary N) is 1. The molecule has 2 aromatic rings. The third kappa shape index (κ3) is 3.25. The van der Waals surface area contributed by atoms with E-state index in [-0.39, 0.29) is 6.79 Å². The predicted octanol–water partition coefficient (Wildman–Crippen LogP) is 1.65. The van der Waals surface area contributed by atoms with E-state index < -0.39 is 0 Å². The molecule has 0 spiro atoms. The van der Waals surface area contributed by atoms with Gasteiger partial charge in [-0.1, -0.05) is 12.1 Å². The zero-order valence-corrected chi connectivity index (χ0v) is 14.3. The van der Waals surface area contributed by atoms with Crippen molar-refractivity contribution in [3.05, 3.63) is 30.3 Å². The minimum Gasteiger partial charge on any atom is -0.467 e. The zero-order chi connectivity index (χ0) is 17.2. The topological polar surface area (TPSA) is 85.5 Å². The van der Waals surface area contributed by atoms with Gasteiger partial charge in [-0.25, -0.2) is 0 Å². The number of anilines is 2. The van der Waals surface area contributed by atoms with Gasteiger partial charge in [0.15, 0.2) is 12.6 Å². The highest BCUT2D eigenvalue weighted by molar-refractivity contribution is 5.74. The zero-order valence-electron chi connectivity index (χ0n) is 14.3. The largest absolute Gasteiger partial charge is 0.467 e. The molecule has 0 radical (unpaired) electrons. The first-order chi connectivity index (χ1) is 12.2. The van der Waals surface area contributed by atoms with E-state index in [1.54, 1.807) is 7.11 Å². The summed E-state index contributed by atoms with van der Waals surface area (Å²) in [4.78, 5) is 2.32. The van der Waals surface area contributed by atoms with Crippen LogP contribution in [0.1, 0.15) is 12.8 Å². The fraction of sp³-hybridized carbons (Fsp3) is 0.444. The third-order valence-corrected chi connectivity index (χ3v) is 4.85. The van der Waals surface area contributed by atoms with Gasteiger partial charge in [0.05, 0.1) is 11.4 Å². The number of nitrogen functional groups attached to an aromatic ring is 1. The molecule has 2 saturated heterocycles. The summed E-state index contributed by atoms with van der Waals surface area (Å²) < 4.78 is 10.7. The molecule has 3 heterocycles. The Morgan fingerprint density at radius 1 is 1.20 bits per heavy atom. The molecule has 7 nitrogen and oxygen atoms in total. The Balaban J connectivity index is 1.66. The van der Waals surface area contributed by atoms with E-state index >= 15 is 0 Å². The van der Waals surface area contributed by atoms with Crippen LogP contribution in [-0.4, -0.2) is 49.3 Å². The number of aromatic nitrogens is 2. The summed E-state index contributed by atoms with van der Waals surface area (Å²) in [6.45, 7) is 2.09. The second-order valence-corrected chi connectivity index (χ2v) is 6.59. The second kappa shape index (κ2) is 6.85. The maximum atomic E-state index is 6.14. The molecule has 0 aliphatic carbocycles. The fourth-order valence-corrected chi connectivity index (χ4v) is 3.70. The van der Waals surface area contributed by atoms with E-state index in [1.165, 1.54) is 12.8 Å². The van der Waals surface area contributed by atoms with Gasteiger partial charge in [-0.15, -0.1) is 10.2 Å². The fourth-order valence-electron chi connectivity index (χ4n) is 3.70. The molecule has 2 aliphatic rings. The van der Waals surface area contributed by atoms with Crippen LogP contribution in [0.4, 0.5) is 11.5 Å². The monoisotopic (exact) mass is 341 g/mol. The highest BCUT2D eigenvalue weighted by atomic mass is 16.7. The van der Waals surface area contributed by atoms with Crippen molar-refractivity contribution in [2.24, 2.45) is 0 Å². The average Bonchev–Trinajstić information content (AvgIpc) is 2.98. The second-order valence-electron chi connectivity index (χ2n) is 6.59. The van der Waals surface area contributed by atoms with Crippen molar-refractivity contribution in [2.45, 2.75) is 24.9 Å². The van der Waals surface area contributed by atoms with E-state index in [2.05, 4.69) is 20.4 Å². The van der Waals surface area contributed by atoms with Gasteiger partial charge in [0, 0.05) is 37.8 Å². The van der Waals surface area contributed by atoms with Crippen LogP contribution in [0.5, 0.6) is 5.75 Å². The van der Waals surface area contributed by atoms with E-state index in [0.29, 0.717) is 17.9 Å². The number of ether oxygens (including phenoxy) is 2. The minimum absolute atomic E-state index is 0.188. The van der Waals surface area contributed by atoms with Gasteiger partial charge in [0.25, 0.3) is 0 Å².